The molecule has 0 amide bonds. The average Bonchev–Trinajstić information content (AvgIpc) is 2.60. The summed E-state index contributed by atoms with van der Waals surface area (Å²) in [5.74, 6) is 0.148. The molecule has 3 N–H and O–H groups in total. The molecule has 2 heterocycles. The predicted molar refractivity (Wildman–Crippen MR) is 52.8 cm³/mol. The number of fused-ring (bicyclic) bond motifs is 1. The first-order chi connectivity index (χ1) is 6.74. The van der Waals surface area contributed by atoms with Crippen molar-refractivity contribution in [2.75, 3.05) is 5.73 Å². The summed E-state index contributed by atoms with van der Waals surface area (Å²) in [6.45, 7) is 3.88. The largest absolute Gasteiger partial charge is 0.369 e. The first-order valence-corrected chi connectivity index (χ1v) is 4.04. The number of imidazole rings is 1. The maximum Gasteiger partial charge on any atom is 0.281 e. The van der Waals surface area contributed by atoms with Crippen LogP contribution in [0, 0.1) is 0 Å². The van der Waals surface area contributed by atoms with Crippen LogP contribution in [0.5, 0.6) is 0 Å². The van der Waals surface area contributed by atoms with E-state index in [1.54, 1.807) is 6.08 Å². The smallest absolute Gasteiger partial charge is 0.281 e. The fourth-order valence-corrected chi connectivity index (χ4v) is 1.24. The number of nitrogen functional groups attached to an aromatic ring is 1. The van der Waals surface area contributed by atoms with Crippen molar-refractivity contribution in [3.8, 4) is 0 Å². The van der Waals surface area contributed by atoms with E-state index in [1.165, 1.54) is 10.9 Å². The van der Waals surface area contributed by atoms with Crippen LogP contribution >= 0.6 is 0 Å². The van der Waals surface area contributed by atoms with E-state index >= 15 is 0 Å². The fourth-order valence-electron chi connectivity index (χ4n) is 1.24. The molecule has 0 fully saturated rings. The van der Waals surface area contributed by atoms with Gasteiger partial charge in [0.15, 0.2) is 11.2 Å². The first kappa shape index (κ1) is 8.49. The number of nitrogens with two attached hydrogens (primary N) is 1. The van der Waals surface area contributed by atoms with Gasteiger partial charge in [-0.25, -0.2) is 4.98 Å². The number of H-pyrrole nitrogens is 1. The normalized spacial score (nSPS) is 10.6. The van der Waals surface area contributed by atoms with E-state index in [0.717, 1.165) is 0 Å². The Hall–Kier alpha value is -2.11. The molecular formula is C8H9N5O. The van der Waals surface area contributed by atoms with Gasteiger partial charge >= 0.3 is 0 Å². The van der Waals surface area contributed by atoms with Gasteiger partial charge in [0.25, 0.3) is 5.56 Å². The quantitative estimate of drug-likeness (QED) is 0.648. The second kappa shape index (κ2) is 2.99. The van der Waals surface area contributed by atoms with E-state index in [9.17, 15) is 4.79 Å². The number of hydrogen-bond donors (Lipinski definition) is 2. The van der Waals surface area contributed by atoms with E-state index < -0.39 is 0 Å². The number of hydrogen-bond acceptors (Lipinski definition) is 4. The van der Waals surface area contributed by atoms with Gasteiger partial charge in [0, 0.05) is 6.54 Å². The number of aromatic amines is 1. The van der Waals surface area contributed by atoms with Crippen LogP contribution in [0.4, 0.5) is 5.95 Å². The summed E-state index contributed by atoms with van der Waals surface area (Å²) in [6, 6.07) is 0. The van der Waals surface area contributed by atoms with E-state index in [0.29, 0.717) is 17.7 Å². The van der Waals surface area contributed by atoms with E-state index in [2.05, 4.69) is 21.5 Å². The maximum absolute atomic E-state index is 11.7. The van der Waals surface area contributed by atoms with Gasteiger partial charge in [-0.3, -0.25) is 9.36 Å². The zero-order chi connectivity index (χ0) is 10.1. The zero-order valence-electron chi connectivity index (χ0n) is 7.40. The molecule has 0 aliphatic carbocycles. The highest BCUT2D eigenvalue weighted by atomic mass is 16.1. The number of anilines is 1. The van der Waals surface area contributed by atoms with Gasteiger partial charge < -0.3 is 10.7 Å². The molecule has 2 rings (SSSR count). The standard InChI is InChI=1S/C8H9N5O/c1-2-3-13-7(14)5-6(11-4-10-5)12-8(13)9/h2,4H,1,3H2,(H2,9,12)(H,10,11). The third kappa shape index (κ3) is 1.08. The van der Waals surface area contributed by atoms with Crippen molar-refractivity contribution in [2.24, 2.45) is 0 Å². The molecule has 0 aromatic carbocycles. The van der Waals surface area contributed by atoms with Crippen molar-refractivity contribution in [3.05, 3.63) is 29.3 Å². The highest BCUT2D eigenvalue weighted by Gasteiger charge is 2.08. The number of rotatable bonds is 2. The molecule has 6 nitrogen and oxygen atoms in total. The number of allylic oxidation sites excluding steroid dienone is 1. The van der Waals surface area contributed by atoms with Crippen LogP contribution in [-0.4, -0.2) is 19.5 Å². The summed E-state index contributed by atoms with van der Waals surface area (Å²) in [5.41, 5.74) is 6.05. The molecule has 14 heavy (non-hydrogen) atoms. The maximum atomic E-state index is 11.7. The van der Waals surface area contributed by atoms with Crippen LogP contribution in [0.1, 0.15) is 0 Å². The highest BCUT2D eigenvalue weighted by molar-refractivity contribution is 5.69. The third-order valence-electron chi connectivity index (χ3n) is 1.89. The Morgan fingerprint density at radius 3 is 3.21 bits per heavy atom. The number of aromatic nitrogens is 4. The van der Waals surface area contributed by atoms with Crippen molar-refractivity contribution in [1.82, 2.24) is 19.5 Å². The summed E-state index contributed by atoms with van der Waals surface area (Å²) >= 11 is 0. The lowest BCUT2D eigenvalue weighted by Gasteiger charge is -2.04. The van der Waals surface area contributed by atoms with Crippen molar-refractivity contribution in [1.29, 1.82) is 0 Å². The van der Waals surface area contributed by atoms with Gasteiger partial charge in [0.2, 0.25) is 5.95 Å². The van der Waals surface area contributed by atoms with Crippen LogP contribution in [0.15, 0.2) is 23.8 Å². The van der Waals surface area contributed by atoms with Gasteiger partial charge in [-0.2, -0.15) is 4.98 Å². The third-order valence-corrected chi connectivity index (χ3v) is 1.89. The predicted octanol–water partition coefficient (Wildman–Crippen LogP) is -0.112. The van der Waals surface area contributed by atoms with E-state index in [1.807, 2.05) is 0 Å². The monoisotopic (exact) mass is 191 g/mol. The van der Waals surface area contributed by atoms with E-state index in [4.69, 9.17) is 5.73 Å². The molecule has 0 bridgehead atoms. The Morgan fingerprint density at radius 1 is 1.71 bits per heavy atom. The van der Waals surface area contributed by atoms with Crippen molar-refractivity contribution in [3.63, 3.8) is 0 Å². The summed E-state index contributed by atoms with van der Waals surface area (Å²) in [5, 5.41) is 0. The van der Waals surface area contributed by atoms with Crippen molar-refractivity contribution < 1.29 is 0 Å². The Balaban J connectivity index is 2.82. The first-order valence-electron chi connectivity index (χ1n) is 4.04. The summed E-state index contributed by atoms with van der Waals surface area (Å²) in [7, 11) is 0. The van der Waals surface area contributed by atoms with E-state index in [-0.39, 0.29) is 11.5 Å². The molecule has 72 valence electrons. The van der Waals surface area contributed by atoms with Crippen molar-refractivity contribution >= 4 is 17.1 Å². The van der Waals surface area contributed by atoms with Crippen molar-refractivity contribution in [2.45, 2.75) is 6.54 Å². The Labute approximate surface area is 79.1 Å². The molecule has 0 aliphatic rings. The molecule has 0 atom stereocenters. The van der Waals surface area contributed by atoms with Gasteiger partial charge in [0.1, 0.15) is 0 Å². The summed E-state index contributed by atoms with van der Waals surface area (Å²) in [4.78, 5) is 22.3. The minimum absolute atomic E-state index is 0.148. The molecular weight excluding hydrogens is 182 g/mol. The van der Waals surface area contributed by atoms with Crippen LogP contribution in [-0.2, 0) is 6.54 Å². The van der Waals surface area contributed by atoms with Crippen LogP contribution in [0.3, 0.4) is 0 Å². The minimum atomic E-state index is -0.232. The fraction of sp³-hybridized carbons (Fsp3) is 0.125. The van der Waals surface area contributed by atoms with Gasteiger partial charge in [-0.15, -0.1) is 6.58 Å². The highest BCUT2D eigenvalue weighted by Crippen LogP contribution is 2.03. The lowest BCUT2D eigenvalue weighted by atomic mass is 10.5. The van der Waals surface area contributed by atoms with Gasteiger partial charge in [0.05, 0.1) is 6.33 Å². The van der Waals surface area contributed by atoms with Gasteiger partial charge in [-0.05, 0) is 0 Å². The van der Waals surface area contributed by atoms with Gasteiger partial charge in [-0.1, -0.05) is 6.08 Å². The Bertz CT molecular complexity index is 538. The number of nitrogens with one attached hydrogen (secondary N) is 1. The summed E-state index contributed by atoms with van der Waals surface area (Å²) in [6.07, 6.45) is 3.00. The molecule has 0 saturated heterocycles. The zero-order valence-corrected chi connectivity index (χ0v) is 7.40. The molecule has 0 spiro atoms. The molecule has 2 aromatic heterocycles. The van der Waals surface area contributed by atoms with Crippen LogP contribution in [0.2, 0.25) is 0 Å². The molecule has 0 saturated carbocycles. The molecule has 0 aliphatic heterocycles. The average molecular weight is 191 g/mol. The Kier molecular flexibility index (Phi) is 1.81. The molecule has 0 radical (unpaired) electrons. The molecule has 2 aromatic rings. The van der Waals surface area contributed by atoms with Crippen LogP contribution < -0.4 is 11.3 Å². The molecule has 6 heteroatoms. The molecule has 0 unspecified atom stereocenters. The summed E-state index contributed by atoms with van der Waals surface area (Å²) < 4.78 is 1.33. The lowest BCUT2D eigenvalue weighted by Crippen LogP contribution is -2.24. The SMILES string of the molecule is C=CCn1c(N)nc2nc[nH]c2c1=O. The second-order valence-electron chi connectivity index (χ2n) is 2.78. The lowest BCUT2D eigenvalue weighted by molar-refractivity contribution is 0.782. The second-order valence-corrected chi connectivity index (χ2v) is 2.78. The Morgan fingerprint density at radius 2 is 2.50 bits per heavy atom. The number of nitrogens with zero attached hydrogens (tertiary/aromatic N) is 3. The van der Waals surface area contributed by atoms with Crippen LogP contribution in [0.25, 0.3) is 11.2 Å². The minimum Gasteiger partial charge on any atom is -0.369 e. The topological polar surface area (TPSA) is 89.6 Å².